The van der Waals surface area contributed by atoms with Gasteiger partial charge in [0.2, 0.25) is 5.88 Å². The number of imidazole rings is 1. The lowest BCUT2D eigenvalue weighted by Crippen LogP contribution is -2.20. The Balaban J connectivity index is 1.79. The number of hydrogen-bond acceptors (Lipinski definition) is 4. The summed E-state index contributed by atoms with van der Waals surface area (Å²) in [5.41, 5.74) is 0. The first-order valence-electron chi connectivity index (χ1n) is 5.74. The zero-order chi connectivity index (χ0) is 11.5. The summed E-state index contributed by atoms with van der Waals surface area (Å²) in [6.07, 6.45) is 6.60. The molecule has 1 unspecified atom stereocenters. The maximum Gasteiger partial charge on any atom is 0.215 e. The Morgan fingerprint density at radius 3 is 3.18 bits per heavy atom. The smallest absolute Gasteiger partial charge is 0.215 e. The molecule has 1 aliphatic heterocycles. The van der Waals surface area contributed by atoms with E-state index in [1.807, 2.05) is 29.0 Å². The first-order chi connectivity index (χ1) is 8.42. The van der Waals surface area contributed by atoms with E-state index in [2.05, 4.69) is 15.3 Å². The van der Waals surface area contributed by atoms with E-state index in [1.54, 1.807) is 12.5 Å². The van der Waals surface area contributed by atoms with Crippen LogP contribution in [0.25, 0.3) is 5.82 Å². The minimum Gasteiger partial charge on any atom is -0.473 e. The van der Waals surface area contributed by atoms with Crippen molar-refractivity contribution in [3.63, 3.8) is 0 Å². The van der Waals surface area contributed by atoms with E-state index in [4.69, 9.17) is 4.74 Å². The molecule has 17 heavy (non-hydrogen) atoms. The van der Waals surface area contributed by atoms with Gasteiger partial charge in [0, 0.05) is 25.0 Å². The van der Waals surface area contributed by atoms with E-state index in [0.717, 1.165) is 25.3 Å². The molecule has 0 spiro atoms. The van der Waals surface area contributed by atoms with E-state index < -0.39 is 0 Å². The molecule has 0 amide bonds. The third-order valence-corrected chi connectivity index (χ3v) is 2.78. The second-order valence-corrected chi connectivity index (χ2v) is 4.04. The van der Waals surface area contributed by atoms with Gasteiger partial charge in [-0.15, -0.1) is 0 Å². The summed E-state index contributed by atoms with van der Waals surface area (Å²) >= 11 is 0. The minimum atomic E-state index is 0.237. The summed E-state index contributed by atoms with van der Waals surface area (Å²) in [7, 11) is 0. The molecule has 3 rings (SSSR count). The summed E-state index contributed by atoms with van der Waals surface area (Å²) in [4.78, 5) is 8.46. The predicted molar refractivity (Wildman–Crippen MR) is 63.3 cm³/mol. The molecule has 0 bridgehead atoms. The van der Waals surface area contributed by atoms with Crippen molar-refractivity contribution in [2.45, 2.75) is 12.5 Å². The van der Waals surface area contributed by atoms with Gasteiger partial charge in [-0.25, -0.2) is 4.98 Å². The fourth-order valence-electron chi connectivity index (χ4n) is 1.91. The quantitative estimate of drug-likeness (QED) is 0.855. The van der Waals surface area contributed by atoms with Crippen LogP contribution in [0.15, 0.2) is 36.9 Å². The molecular weight excluding hydrogens is 216 g/mol. The molecule has 0 aromatic carbocycles. The third-order valence-electron chi connectivity index (χ3n) is 2.78. The van der Waals surface area contributed by atoms with E-state index in [0.29, 0.717) is 5.88 Å². The molecule has 0 aliphatic carbocycles. The highest BCUT2D eigenvalue weighted by molar-refractivity contribution is 5.27. The van der Waals surface area contributed by atoms with Crippen molar-refractivity contribution in [1.29, 1.82) is 0 Å². The molecule has 88 valence electrons. The second kappa shape index (κ2) is 4.55. The van der Waals surface area contributed by atoms with Crippen LogP contribution >= 0.6 is 0 Å². The number of nitrogens with one attached hydrogen (secondary N) is 1. The predicted octanol–water partition coefficient (Wildman–Crippen LogP) is 1.01. The van der Waals surface area contributed by atoms with E-state index in [-0.39, 0.29) is 6.10 Å². The Kier molecular flexibility index (Phi) is 2.75. The standard InChI is InChI=1S/C12H14N4O/c1-2-11(16-7-6-14-9-16)15-12(3-1)17-10-4-5-13-8-10/h1-3,6-7,9-10,13H,4-5,8H2. The Labute approximate surface area is 99.5 Å². The summed E-state index contributed by atoms with van der Waals surface area (Å²) in [6, 6.07) is 5.76. The molecule has 0 saturated carbocycles. The Bertz CT molecular complexity index is 477. The highest BCUT2D eigenvalue weighted by Crippen LogP contribution is 2.14. The zero-order valence-electron chi connectivity index (χ0n) is 9.41. The molecule has 5 nitrogen and oxygen atoms in total. The van der Waals surface area contributed by atoms with Crippen LogP contribution in [0.2, 0.25) is 0 Å². The van der Waals surface area contributed by atoms with Crippen LogP contribution in [0.4, 0.5) is 0 Å². The van der Waals surface area contributed by atoms with Crippen molar-refractivity contribution in [2.24, 2.45) is 0 Å². The van der Waals surface area contributed by atoms with Crippen molar-refractivity contribution < 1.29 is 4.74 Å². The van der Waals surface area contributed by atoms with Crippen molar-refractivity contribution in [3.8, 4) is 11.7 Å². The van der Waals surface area contributed by atoms with E-state index in [1.165, 1.54) is 0 Å². The molecule has 1 fully saturated rings. The highest BCUT2D eigenvalue weighted by Gasteiger charge is 2.16. The largest absolute Gasteiger partial charge is 0.473 e. The van der Waals surface area contributed by atoms with Gasteiger partial charge >= 0.3 is 0 Å². The Hall–Kier alpha value is -1.88. The van der Waals surface area contributed by atoms with Crippen LogP contribution in [0.5, 0.6) is 5.88 Å². The normalized spacial score (nSPS) is 19.4. The molecule has 1 N–H and O–H groups in total. The first kappa shape index (κ1) is 10.3. The number of nitrogens with zero attached hydrogens (tertiary/aromatic N) is 3. The van der Waals surface area contributed by atoms with E-state index >= 15 is 0 Å². The first-order valence-corrected chi connectivity index (χ1v) is 5.74. The number of pyridine rings is 1. The molecule has 0 radical (unpaired) electrons. The molecule has 2 aromatic heterocycles. The maximum atomic E-state index is 5.81. The maximum absolute atomic E-state index is 5.81. The van der Waals surface area contributed by atoms with Gasteiger partial charge in [-0.1, -0.05) is 6.07 Å². The summed E-state index contributed by atoms with van der Waals surface area (Å²) < 4.78 is 7.67. The molecule has 1 atom stereocenters. The number of aromatic nitrogens is 3. The molecule has 1 saturated heterocycles. The lowest BCUT2D eigenvalue weighted by molar-refractivity contribution is 0.214. The topological polar surface area (TPSA) is 52.0 Å². The van der Waals surface area contributed by atoms with Crippen LogP contribution in [0.3, 0.4) is 0 Å². The van der Waals surface area contributed by atoms with Gasteiger partial charge in [-0.2, -0.15) is 4.98 Å². The molecule has 1 aliphatic rings. The van der Waals surface area contributed by atoms with Crippen molar-refractivity contribution in [1.82, 2.24) is 19.9 Å². The fraction of sp³-hybridized carbons (Fsp3) is 0.333. The van der Waals surface area contributed by atoms with Gasteiger partial charge in [0.25, 0.3) is 0 Å². The minimum absolute atomic E-state index is 0.237. The average Bonchev–Trinajstić information content (AvgIpc) is 3.01. The van der Waals surface area contributed by atoms with Crippen molar-refractivity contribution in [2.75, 3.05) is 13.1 Å². The van der Waals surface area contributed by atoms with Crippen LogP contribution in [0, 0.1) is 0 Å². The lowest BCUT2D eigenvalue weighted by Gasteiger charge is -2.12. The van der Waals surface area contributed by atoms with Crippen molar-refractivity contribution in [3.05, 3.63) is 36.9 Å². The van der Waals surface area contributed by atoms with Gasteiger partial charge in [0.15, 0.2) is 0 Å². The highest BCUT2D eigenvalue weighted by atomic mass is 16.5. The fourth-order valence-corrected chi connectivity index (χ4v) is 1.91. The third kappa shape index (κ3) is 2.29. The monoisotopic (exact) mass is 230 g/mol. The van der Waals surface area contributed by atoms with Gasteiger partial charge in [0.05, 0.1) is 0 Å². The number of hydrogen-bond donors (Lipinski definition) is 1. The van der Waals surface area contributed by atoms with Crippen LogP contribution < -0.4 is 10.1 Å². The van der Waals surface area contributed by atoms with Crippen LogP contribution in [-0.2, 0) is 0 Å². The van der Waals surface area contributed by atoms with Gasteiger partial charge in [0.1, 0.15) is 18.2 Å². The van der Waals surface area contributed by atoms with Crippen LogP contribution in [-0.4, -0.2) is 33.7 Å². The Morgan fingerprint density at radius 1 is 1.41 bits per heavy atom. The van der Waals surface area contributed by atoms with Gasteiger partial charge in [-0.3, -0.25) is 4.57 Å². The molecular formula is C12H14N4O. The summed E-state index contributed by atoms with van der Waals surface area (Å²) in [5, 5.41) is 3.27. The zero-order valence-corrected chi connectivity index (χ0v) is 9.41. The SMILES string of the molecule is c1cc(OC2CCNC2)nc(-n2ccnc2)c1. The van der Waals surface area contributed by atoms with Gasteiger partial charge < -0.3 is 10.1 Å². The van der Waals surface area contributed by atoms with E-state index in [9.17, 15) is 0 Å². The molecule has 5 heteroatoms. The summed E-state index contributed by atoms with van der Waals surface area (Å²) in [5.74, 6) is 1.50. The number of rotatable bonds is 3. The van der Waals surface area contributed by atoms with Crippen LogP contribution in [0.1, 0.15) is 6.42 Å². The Morgan fingerprint density at radius 2 is 2.41 bits per heavy atom. The summed E-state index contributed by atoms with van der Waals surface area (Å²) in [6.45, 7) is 1.92. The van der Waals surface area contributed by atoms with Gasteiger partial charge in [-0.05, 0) is 19.0 Å². The second-order valence-electron chi connectivity index (χ2n) is 4.04. The molecule has 2 aromatic rings. The lowest BCUT2D eigenvalue weighted by atomic mass is 10.3. The molecule has 3 heterocycles. The number of ether oxygens (including phenoxy) is 1. The average molecular weight is 230 g/mol. The van der Waals surface area contributed by atoms with Crippen molar-refractivity contribution >= 4 is 0 Å².